The molecule has 0 aromatic heterocycles. The Balaban J connectivity index is 2.54. The first-order chi connectivity index (χ1) is 11.1. The molecule has 0 aliphatic carbocycles. The monoisotopic (exact) mass is 333 g/mol. The lowest BCUT2D eigenvalue weighted by Gasteiger charge is -2.26. The number of rotatable bonds is 7. The Hall–Kier alpha value is -1.88. The maximum Gasteiger partial charge on any atom is 0.242 e. The highest BCUT2D eigenvalue weighted by molar-refractivity contribution is 5.89. The van der Waals surface area contributed by atoms with Crippen molar-refractivity contribution in [3.63, 3.8) is 0 Å². The van der Waals surface area contributed by atoms with Gasteiger partial charge in [-0.1, -0.05) is 51.1 Å². The zero-order valence-corrected chi connectivity index (χ0v) is 15.7. The number of hydrogen-bond donors (Lipinski definition) is 2. The second kappa shape index (κ2) is 8.83. The van der Waals surface area contributed by atoms with Crippen LogP contribution < -0.4 is 10.6 Å². The van der Waals surface area contributed by atoms with Crippen LogP contribution in [-0.4, -0.2) is 49.4 Å². The van der Waals surface area contributed by atoms with Crippen molar-refractivity contribution in [1.82, 2.24) is 15.5 Å². The fourth-order valence-electron chi connectivity index (χ4n) is 2.17. The third kappa shape index (κ3) is 6.71. The van der Waals surface area contributed by atoms with Gasteiger partial charge in [0.25, 0.3) is 0 Å². The zero-order chi connectivity index (χ0) is 18.3. The first-order valence-electron chi connectivity index (χ1n) is 8.40. The molecule has 2 atom stereocenters. The minimum Gasteiger partial charge on any atom is -0.353 e. The summed E-state index contributed by atoms with van der Waals surface area (Å²) in [7, 11) is 4.01. The maximum absolute atomic E-state index is 12.2. The van der Waals surface area contributed by atoms with Crippen molar-refractivity contribution in [2.45, 2.75) is 46.2 Å². The summed E-state index contributed by atoms with van der Waals surface area (Å²) in [6.07, 6.45) is 0.858. The molecular weight excluding hydrogens is 302 g/mol. The number of hydrogen-bond acceptors (Lipinski definition) is 3. The summed E-state index contributed by atoms with van der Waals surface area (Å²) < 4.78 is 0. The Bertz CT molecular complexity index is 535. The highest BCUT2D eigenvalue weighted by atomic mass is 16.2. The van der Waals surface area contributed by atoms with Gasteiger partial charge in [0.2, 0.25) is 11.8 Å². The SMILES string of the molecule is CC(NC(=O)C(C)(C)C)C(=O)NCC(Cc1ccccc1)N(C)C. The number of carbonyl (C=O) groups excluding carboxylic acids is 2. The van der Waals surface area contributed by atoms with Crippen LogP contribution in [0.5, 0.6) is 0 Å². The molecule has 0 saturated heterocycles. The van der Waals surface area contributed by atoms with E-state index in [1.54, 1.807) is 6.92 Å². The molecule has 0 saturated carbocycles. The van der Waals surface area contributed by atoms with Crippen molar-refractivity contribution in [3.8, 4) is 0 Å². The Kier molecular flexibility index (Phi) is 7.42. The van der Waals surface area contributed by atoms with Gasteiger partial charge in [0.1, 0.15) is 6.04 Å². The number of benzene rings is 1. The molecule has 2 amide bonds. The lowest BCUT2D eigenvalue weighted by Crippen LogP contribution is -2.50. The van der Waals surface area contributed by atoms with Crippen molar-refractivity contribution >= 4 is 11.8 Å². The lowest BCUT2D eigenvalue weighted by atomic mass is 9.95. The molecule has 1 aromatic rings. The highest BCUT2D eigenvalue weighted by Crippen LogP contribution is 2.12. The van der Waals surface area contributed by atoms with Crippen LogP contribution in [-0.2, 0) is 16.0 Å². The topological polar surface area (TPSA) is 61.4 Å². The maximum atomic E-state index is 12.2. The Morgan fingerprint density at radius 3 is 2.21 bits per heavy atom. The van der Waals surface area contributed by atoms with Crippen LogP contribution in [0.25, 0.3) is 0 Å². The summed E-state index contributed by atoms with van der Waals surface area (Å²) in [5.41, 5.74) is 0.730. The van der Waals surface area contributed by atoms with Gasteiger partial charge in [-0.25, -0.2) is 0 Å². The van der Waals surface area contributed by atoms with Crippen molar-refractivity contribution in [2.75, 3.05) is 20.6 Å². The Morgan fingerprint density at radius 1 is 1.12 bits per heavy atom. The van der Waals surface area contributed by atoms with E-state index in [-0.39, 0.29) is 17.9 Å². The molecule has 5 heteroatoms. The second-order valence-electron chi connectivity index (χ2n) is 7.50. The van der Waals surface area contributed by atoms with E-state index < -0.39 is 11.5 Å². The summed E-state index contributed by atoms with van der Waals surface area (Å²) in [5.74, 6) is -0.286. The quantitative estimate of drug-likeness (QED) is 0.800. The number of nitrogens with one attached hydrogen (secondary N) is 2. The van der Waals surface area contributed by atoms with E-state index in [0.29, 0.717) is 6.54 Å². The molecule has 24 heavy (non-hydrogen) atoms. The van der Waals surface area contributed by atoms with E-state index in [2.05, 4.69) is 27.7 Å². The molecule has 1 aromatic carbocycles. The largest absolute Gasteiger partial charge is 0.353 e. The van der Waals surface area contributed by atoms with E-state index in [1.807, 2.05) is 53.1 Å². The first kappa shape index (κ1) is 20.2. The van der Waals surface area contributed by atoms with Crippen molar-refractivity contribution < 1.29 is 9.59 Å². The van der Waals surface area contributed by atoms with E-state index in [1.165, 1.54) is 5.56 Å². The van der Waals surface area contributed by atoms with Gasteiger partial charge in [-0.2, -0.15) is 0 Å². The lowest BCUT2D eigenvalue weighted by molar-refractivity contribution is -0.133. The van der Waals surface area contributed by atoms with Crippen LogP contribution in [0.3, 0.4) is 0 Å². The minimum absolute atomic E-state index is 0.126. The van der Waals surface area contributed by atoms with Gasteiger partial charge in [-0.3, -0.25) is 9.59 Å². The molecule has 0 bridgehead atoms. The minimum atomic E-state index is -0.545. The summed E-state index contributed by atoms with van der Waals surface area (Å²) in [6, 6.07) is 9.86. The molecule has 1 rings (SSSR count). The van der Waals surface area contributed by atoms with E-state index in [0.717, 1.165) is 6.42 Å². The van der Waals surface area contributed by atoms with Crippen LogP contribution >= 0.6 is 0 Å². The van der Waals surface area contributed by atoms with Gasteiger partial charge in [0.15, 0.2) is 0 Å². The smallest absolute Gasteiger partial charge is 0.242 e. The van der Waals surface area contributed by atoms with Gasteiger partial charge < -0.3 is 15.5 Å². The summed E-state index contributed by atoms with van der Waals surface area (Å²) in [4.78, 5) is 26.3. The number of amides is 2. The molecule has 0 spiro atoms. The van der Waals surface area contributed by atoms with E-state index >= 15 is 0 Å². The predicted octanol–water partition coefficient (Wildman–Crippen LogP) is 1.83. The molecule has 134 valence electrons. The normalized spacial score (nSPS) is 14.1. The second-order valence-corrected chi connectivity index (χ2v) is 7.50. The van der Waals surface area contributed by atoms with Gasteiger partial charge in [-0.15, -0.1) is 0 Å². The van der Waals surface area contributed by atoms with Crippen molar-refractivity contribution in [3.05, 3.63) is 35.9 Å². The van der Waals surface area contributed by atoms with Crippen LogP contribution in [0.1, 0.15) is 33.3 Å². The third-order valence-corrected chi connectivity index (χ3v) is 3.98. The summed E-state index contributed by atoms with van der Waals surface area (Å²) >= 11 is 0. The van der Waals surface area contributed by atoms with Gasteiger partial charge in [0.05, 0.1) is 0 Å². The van der Waals surface area contributed by atoms with Gasteiger partial charge in [-0.05, 0) is 33.0 Å². The summed E-state index contributed by atoms with van der Waals surface area (Å²) in [5, 5.41) is 5.70. The molecular formula is C19H31N3O2. The fourth-order valence-corrected chi connectivity index (χ4v) is 2.17. The predicted molar refractivity (Wildman–Crippen MR) is 97.7 cm³/mol. The molecule has 5 nitrogen and oxygen atoms in total. The average molecular weight is 333 g/mol. The average Bonchev–Trinajstić information content (AvgIpc) is 2.50. The zero-order valence-electron chi connectivity index (χ0n) is 15.7. The van der Waals surface area contributed by atoms with Crippen LogP contribution in [0.15, 0.2) is 30.3 Å². The third-order valence-electron chi connectivity index (χ3n) is 3.98. The van der Waals surface area contributed by atoms with E-state index in [4.69, 9.17) is 0 Å². The number of nitrogens with zero attached hydrogens (tertiary/aromatic N) is 1. The first-order valence-corrected chi connectivity index (χ1v) is 8.40. The number of carbonyl (C=O) groups is 2. The molecule has 0 aliphatic heterocycles. The van der Waals surface area contributed by atoms with Crippen LogP contribution in [0.2, 0.25) is 0 Å². The van der Waals surface area contributed by atoms with Crippen molar-refractivity contribution in [2.24, 2.45) is 5.41 Å². The van der Waals surface area contributed by atoms with Gasteiger partial charge in [0, 0.05) is 18.0 Å². The highest BCUT2D eigenvalue weighted by Gasteiger charge is 2.25. The molecule has 0 heterocycles. The fraction of sp³-hybridized carbons (Fsp3) is 0.579. The van der Waals surface area contributed by atoms with Crippen molar-refractivity contribution in [1.29, 1.82) is 0 Å². The Labute approximate surface area is 145 Å². The number of likely N-dealkylation sites (N-methyl/N-ethyl adjacent to an activating group) is 1. The Morgan fingerprint density at radius 2 is 1.71 bits per heavy atom. The van der Waals surface area contributed by atoms with Crippen LogP contribution in [0.4, 0.5) is 0 Å². The molecule has 0 fully saturated rings. The van der Waals surface area contributed by atoms with Gasteiger partial charge >= 0.3 is 0 Å². The molecule has 2 N–H and O–H groups in total. The summed E-state index contributed by atoms with van der Waals surface area (Å²) in [6.45, 7) is 7.73. The molecule has 0 aliphatic rings. The van der Waals surface area contributed by atoms with E-state index in [9.17, 15) is 9.59 Å². The standard InChI is InChI=1S/C19H31N3O2/c1-14(21-18(24)19(2,3)4)17(23)20-13-16(22(5)6)12-15-10-8-7-9-11-15/h7-11,14,16H,12-13H2,1-6H3,(H,20,23)(H,21,24). The molecule has 0 radical (unpaired) electrons. The van der Waals surface area contributed by atoms with Crippen LogP contribution in [0, 0.1) is 5.41 Å². The molecule has 2 unspecified atom stereocenters.